The zero-order chi connectivity index (χ0) is 22.8. The molecule has 4 heterocycles. The van der Waals surface area contributed by atoms with Gasteiger partial charge in [-0.3, -0.25) is 9.69 Å². The fourth-order valence-electron chi connectivity index (χ4n) is 4.19. The molecule has 0 unspecified atom stereocenters. The van der Waals surface area contributed by atoms with Gasteiger partial charge in [-0.1, -0.05) is 29.4 Å². The van der Waals surface area contributed by atoms with Gasteiger partial charge >= 0.3 is 0 Å². The molecule has 1 aliphatic rings. The quantitative estimate of drug-likeness (QED) is 0.436. The molecule has 0 bridgehead atoms. The van der Waals surface area contributed by atoms with Gasteiger partial charge in [-0.2, -0.15) is 10.1 Å². The van der Waals surface area contributed by atoms with Crippen molar-refractivity contribution >= 4 is 17.2 Å². The third-order valence-corrected chi connectivity index (χ3v) is 6.93. The Bertz CT molecular complexity index is 1220. The first-order valence-corrected chi connectivity index (χ1v) is 11.9. The summed E-state index contributed by atoms with van der Waals surface area (Å²) in [5, 5.41) is 10.8. The Morgan fingerprint density at radius 1 is 1.06 bits per heavy atom. The van der Waals surface area contributed by atoms with Gasteiger partial charge in [-0.15, -0.1) is 11.3 Å². The third-order valence-electron chi connectivity index (χ3n) is 6.06. The highest BCUT2D eigenvalue weighted by Gasteiger charge is 2.25. The molecule has 1 amide bonds. The van der Waals surface area contributed by atoms with Gasteiger partial charge in [0.1, 0.15) is 0 Å². The lowest BCUT2D eigenvalue weighted by molar-refractivity contribution is -0.132. The predicted molar refractivity (Wildman–Crippen MR) is 126 cm³/mol. The largest absolute Gasteiger partial charge is 0.340 e. The van der Waals surface area contributed by atoms with Crippen LogP contribution >= 0.6 is 11.3 Å². The number of thiophene rings is 1. The molecule has 0 atom stereocenters. The minimum atomic E-state index is 0.145. The van der Waals surface area contributed by atoms with Gasteiger partial charge in [0.2, 0.25) is 17.6 Å². The fraction of sp³-hybridized carbons (Fsp3) is 0.333. The zero-order valence-corrected chi connectivity index (χ0v) is 19.6. The maximum absolute atomic E-state index is 13.0. The highest BCUT2D eigenvalue weighted by atomic mass is 32.1. The first kappa shape index (κ1) is 21.5. The number of piperazine rings is 1. The molecule has 33 heavy (non-hydrogen) atoms. The number of nitrogens with zero attached hydrogens (tertiary/aromatic N) is 6. The second kappa shape index (κ2) is 9.29. The third kappa shape index (κ3) is 4.60. The number of aryl methyl sites for hydroxylation is 1. The van der Waals surface area contributed by atoms with Crippen molar-refractivity contribution in [2.24, 2.45) is 0 Å². The van der Waals surface area contributed by atoms with E-state index < -0.39 is 0 Å². The van der Waals surface area contributed by atoms with E-state index in [2.05, 4.69) is 20.1 Å². The Kier molecular flexibility index (Phi) is 6.06. The molecule has 1 fully saturated rings. The van der Waals surface area contributed by atoms with Crippen LogP contribution in [0.25, 0.3) is 16.4 Å². The monoisotopic (exact) mass is 462 g/mol. The van der Waals surface area contributed by atoms with E-state index in [1.165, 1.54) is 0 Å². The van der Waals surface area contributed by atoms with Gasteiger partial charge in [0.15, 0.2) is 0 Å². The van der Waals surface area contributed by atoms with Crippen LogP contribution in [0.5, 0.6) is 0 Å². The molecule has 0 aliphatic carbocycles. The van der Waals surface area contributed by atoms with Crippen LogP contribution in [0.2, 0.25) is 0 Å². The molecule has 1 aromatic carbocycles. The Morgan fingerprint density at radius 3 is 2.58 bits per heavy atom. The molecule has 0 radical (unpaired) electrons. The van der Waals surface area contributed by atoms with Crippen molar-refractivity contribution in [2.75, 3.05) is 26.2 Å². The van der Waals surface area contributed by atoms with Crippen molar-refractivity contribution < 1.29 is 9.32 Å². The number of para-hydroxylation sites is 1. The van der Waals surface area contributed by atoms with E-state index in [4.69, 9.17) is 4.52 Å². The van der Waals surface area contributed by atoms with Crippen LogP contribution < -0.4 is 0 Å². The second-order valence-corrected chi connectivity index (χ2v) is 9.17. The summed E-state index contributed by atoms with van der Waals surface area (Å²) in [7, 11) is 0. The standard InChI is InChI=1S/C24H26N6O2S/c1-17-20(18(2)30(26-17)19-7-4-3-5-8-19)15-23(31)29-12-10-28(11-13-29)16-22-25-24(27-32-22)21-9-6-14-33-21/h3-9,14H,10-13,15-16H2,1-2H3. The lowest BCUT2D eigenvalue weighted by atomic mass is 10.1. The van der Waals surface area contributed by atoms with E-state index in [0.717, 1.165) is 40.6 Å². The van der Waals surface area contributed by atoms with Crippen LogP contribution in [0.4, 0.5) is 0 Å². The number of aromatic nitrogens is 4. The van der Waals surface area contributed by atoms with E-state index in [0.29, 0.717) is 37.8 Å². The molecule has 5 rings (SSSR count). The Labute approximate surface area is 196 Å². The lowest BCUT2D eigenvalue weighted by Gasteiger charge is -2.34. The molecule has 0 saturated carbocycles. The van der Waals surface area contributed by atoms with Gasteiger partial charge in [-0.05, 0) is 37.4 Å². The van der Waals surface area contributed by atoms with Crippen LogP contribution in [0.1, 0.15) is 22.8 Å². The lowest BCUT2D eigenvalue weighted by Crippen LogP contribution is -2.48. The summed E-state index contributed by atoms with van der Waals surface area (Å²) >= 11 is 1.59. The predicted octanol–water partition coefficient (Wildman–Crippen LogP) is 3.49. The smallest absolute Gasteiger partial charge is 0.241 e. The van der Waals surface area contributed by atoms with Gasteiger partial charge in [0.05, 0.1) is 29.2 Å². The molecule has 3 aromatic heterocycles. The van der Waals surface area contributed by atoms with Gasteiger partial charge in [0, 0.05) is 37.4 Å². The molecule has 0 N–H and O–H groups in total. The number of rotatable bonds is 6. The van der Waals surface area contributed by atoms with E-state index in [1.54, 1.807) is 11.3 Å². The average molecular weight is 463 g/mol. The molecule has 170 valence electrons. The van der Waals surface area contributed by atoms with Crippen LogP contribution in [0, 0.1) is 13.8 Å². The Morgan fingerprint density at radius 2 is 1.85 bits per heavy atom. The van der Waals surface area contributed by atoms with Gasteiger partial charge in [0.25, 0.3) is 0 Å². The highest BCUT2D eigenvalue weighted by molar-refractivity contribution is 7.13. The first-order chi connectivity index (χ1) is 16.1. The molecular formula is C24H26N6O2S. The number of benzene rings is 1. The highest BCUT2D eigenvalue weighted by Crippen LogP contribution is 2.22. The van der Waals surface area contributed by atoms with Gasteiger partial charge in [-0.25, -0.2) is 4.68 Å². The molecule has 8 nitrogen and oxygen atoms in total. The number of hydrogen-bond acceptors (Lipinski definition) is 7. The number of carbonyl (C=O) groups is 1. The Balaban J connectivity index is 1.17. The minimum Gasteiger partial charge on any atom is -0.340 e. The van der Waals surface area contributed by atoms with Crippen LogP contribution in [0.15, 0.2) is 52.4 Å². The molecular weight excluding hydrogens is 436 g/mol. The molecule has 1 saturated heterocycles. The van der Waals surface area contributed by atoms with E-state index in [9.17, 15) is 4.79 Å². The average Bonchev–Trinajstić information content (AvgIpc) is 3.58. The number of hydrogen-bond donors (Lipinski definition) is 0. The summed E-state index contributed by atoms with van der Waals surface area (Å²) in [5.41, 5.74) is 3.94. The normalized spacial score (nSPS) is 14.7. The number of carbonyl (C=O) groups excluding carboxylic acids is 1. The molecule has 0 spiro atoms. The Hall–Kier alpha value is -3.30. The van der Waals surface area contributed by atoms with Crippen molar-refractivity contribution in [3.05, 3.63) is 70.7 Å². The van der Waals surface area contributed by atoms with E-state index in [-0.39, 0.29) is 5.91 Å². The summed E-state index contributed by atoms with van der Waals surface area (Å²) in [6.45, 7) is 7.55. The van der Waals surface area contributed by atoms with E-state index >= 15 is 0 Å². The minimum absolute atomic E-state index is 0.145. The summed E-state index contributed by atoms with van der Waals surface area (Å²) in [6.07, 6.45) is 0.373. The summed E-state index contributed by atoms with van der Waals surface area (Å²) in [6, 6.07) is 14.0. The summed E-state index contributed by atoms with van der Waals surface area (Å²) in [5.74, 6) is 1.39. The summed E-state index contributed by atoms with van der Waals surface area (Å²) in [4.78, 5) is 22.7. The number of amides is 1. The van der Waals surface area contributed by atoms with Crippen LogP contribution in [0.3, 0.4) is 0 Å². The van der Waals surface area contributed by atoms with Crippen LogP contribution in [-0.2, 0) is 17.8 Å². The second-order valence-electron chi connectivity index (χ2n) is 8.22. The SMILES string of the molecule is Cc1nn(-c2ccccc2)c(C)c1CC(=O)N1CCN(Cc2nc(-c3cccs3)no2)CC1. The fourth-order valence-corrected chi connectivity index (χ4v) is 4.84. The molecule has 1 aliphatic heterocycles. The molecule has 4 aromatic rings. The maximum atomic E-state index is 13.0. The zero-order valence-electron chi connectivity index (χ0n) is 18.8. The van der Waals surface area contributed by atoms with Crippen molar-refractivity contribution in [3.8, 4) is 16.4 Å². The molecule has 9 heteroatoms. The van der Waals surface area contributed by atoms with Crippen molar-refractivity contribution in [3.63, 3.8) is 0 Å². The van der Waals surface area contributed by atoms with Crippen molar-refractivity contribution in [1.82, 2.24) is 29.7 Å². The van der Waals surface area contributed by atoms with Gasteiger partial charge < -0.3 is 9.42 Å². The summed E-state index contributed by atoms with van der Waals surface area (Å²) < 4.78 is 7.35. The van der Waals surface area contributed by atoms with E-state index in [1.807, 2.05) is 71.3 Å². The van der Waals surface area contributed by atoms with Crippen molar-refractivity contribution in [2.45, 2.75) is 26.8 Å². The topological polar surface area (TPSA) is 80.3 Å². The van der Waals surface area contributed by atoms with Crippen LogP contribution in [-0.4, -0.2) is 61.8 Å². The maximum Gasteiger partial charge on any atom is 0.241 e. The first-order valence-electron chi connectivity index (χ1n) is 11.1. The van der Waals surface area contributed by atoms with Crippen molar-refractivity contribution in [1.29, 1.82) is 0 Å².